The molecule has 0 saturated heterocycles. The SMILES string of the molecule is CCOCC(=O)[C@H](CC(C)C)NC(=O)[C@H](CC(C)C)NC(=O)OCc1ccccc1. The molecule has 0 aliphatic carbocycles. The summed E-state index contributed by atoms with van der Waals surface area (Å²) in [7, 11) is 0. The van der Waals surface area contributed by atoms with Gasteiger partial charge in [0.2, 0.25) is 5.91 Å². The molecule has 7 nitrogen and oxygen atoms in total. The van der Waals surface area contributed by atoms with Gasteiger partial charge in [0, 0.05) is 6.61 Å². The van der Waals surface area contributed by atoms with Crippen molar-refractivity contribution in [3.05, 3.63) is 35.9 Å². The maximum atomic E-state index is 12.9. The standard InChI is InChI=1S/C23H36N2O5/c1-6-29-15-21(26)19(12-16(2)3)24-22(27)20(13-17(4)5)25-23(28)30-14-18-10-8-7-9-11-18/h7-11,16-17,19-20H,6,12-15H2,1-5H3,(H,24,27)(H,25,28)/t19-,20-/m0/s1. The minimum Gasteiger partial charge on any atom is -0.445 e. The lowest BCUT2D eigenvalue weighted by Crippen LogP contribution is -2.53. The second-order valence-electron chi connectivity index (χ2n) is 8.18. The summed E-state index contributed by atoms with van der Waals surface area (Å²) in [5.41, 5.74) is 0.857. The molecule has 168 valence electrons. The molecule has 0 unspecified atom stereocenters. The fourth-order valence-corrected chi connectivity index (χ4v) is 2.93. The van der Waals surface area contributed by atoms with Crippen LogP contribution in [-0.4, -0.2) is 43.1 Å². The van der Waals surface area contributed by atoms with Crippen molar-refractivity contribution in [3.8, 4) is 0 Å². The predicted molar refractivity (Wildman–Crippen MR) is 116 cm³/mol. The molecule has 7 heteroatoms. The van der Waals surface area contributed by atoms with E-state index in [9.17, 15) is 14.4 Å². The van der Waals surface area contributed by atoms with Crippen molar-refractivity contribution in [1.82, 2.24) is 10.6 Å². The average molecular weight is 421 g/mol. The number of hydrogen-bond acceptors (Lipinski definition) is 5. The van der Waals surface area contributed by atoms with E-state index in [1.54, 1.807) is 0 Å². The first kappa shape index (κ1) is 25.6. The molecule has 0 heterocycles. The van der Waals surface area contributed by atoms with E-state index in [2.05, 4.69) is 10.6 Å². The number of benzene rings is 1. The van der Waals surface area contributed by atoms with Gasteiger partial charge in [0.15, 0.2) is 5.78 Å². The molecule has 0 aromatic heterocycles. The number of ketones is 1. The molecule has 0 aliphatic heterocycles. The summed E-state index contributed by atoms with van der Waals surface area (Å²) in [4.78, 5) is 37.6. The Bertz CT molecular complexity index is 661. The molecular formula is C23H36N2O5. The monoisotopic (exact) mass is 420 g/mol. The average Bonchev–Trinajstić information content (AvgIpc) is 2.69. The van der Waals surface area contributed by atoms with Gasteiger partial charge in [-0.1, -0.05) is 58.0 Å². The Balaban J connectivity index is 2.74. The Morgan fingerprint density at radius 3 is 2.07 bits per heavy atom. The molecule has 1 rings (SSSR count). The molecule has 0 saturated carbocycles. The second kappa shape index (κ2) is 13.7. The number of ether oxygens (including phenoxy) is 2. The number of amides is 2. The highest BCUT2D eigenvalue weighted by Gasteiger charge is 2.28. The van der Waals surface area contributed by atoms with Crippen LogP contribution in [0, 0.1) is 11.8 Å². The zero-order valence-corrected chi connectivity index (χ0v) is 18.8. The first-order valence-corrected chi connectivity index (χ1v) is 10.6. The van der Waals surface area contributed by atoms with Crippen molar-refractivity contribution in [2.75, 3.05) is 13.2 Å². The van der Waals surface area contributed by atoms with Crippen molar-refractivity contribution in [1.29, 1.82) is 0 Å². The van der Waals surface area contributed by atoms with E-state index in [0.29, 0.717) is 19.4 Å². The summed E-state index contributed by atoms with van der Waals surface area (Å²) in [6.45, 7) is 10.2. The van der Waals surface area contributed by atoms with Crippen molar-refractivity contribution < 1.29 is 23.9 Å². The van der Waals surface area contributed by atoms with E-state index < -0.39 is 24.1 Å². The largest absolute Gasteiger partial charge is 0.445 e. The zero-order valence-electron chi connectivity index (χ0n) is 18.8. The first-order valence-electron chi connectivity index (χ1n) is 10.6. The van der Waals surface area contributed by atoms with Gasteiger partial charge in [0.1, 0.15) is 19.3 Å². The van der Waals surface area contributed by atoms with Crippen molar-refractivity contribution in [2.24, 2.45) is 11.8 Å². The maximum absolute atomic E-state index is 12.9. The van der Waals surface area contributed by atoms with Gasteiger partial charge >= 0.3 is 6.09 Å². The molecule has 2 amide bonds. The van der Waals surface area contributed by atoms with E-state index in [1.807, 2.05) is 65.0 Å². The van der Waals surface area contributed by atoms with Gasteiger partial charge in [-0.05, 0) is 37.2 Å². The van der Waals surface area contributed by atoms with Crippen LogP contribution in [0.4, 0.5) is 4.79 Å². The third-order valence-corrected chi connectivity index (χ3v) is 4.39. The normalized spacial score (nSPS) is 13.0. The highest BCUT2D eigenvalue weighted by molar-refractivity contribution is 5.92. The van der Waals surface area contributed by atoms with Gasteiger partial charge in [-0.25, -0.2) is 4.79 Å². The van der Waals surface area contributed by atoms with Crippen LogP contribution in [0.1, 0.15) is 53.0 Å². The number of nitrogens with one attached hydrogen (secondary N) is 2. The molecule has 2 atom stereocenters. The minimum absolute atomic E-state index is 0.0461. The lowest BCUT2D eigenvalue weighted by atomic mass is 9.98. The number of rotatable bonds is 13. The van der Waals surface area contributed by atoms with Crippen LogP contribution in [0.25, 0.3) is 0 Å². The van der Waals surface area contributed by atoms with Crippen molar-refractivity contribution in [2.45, 2.75) is 66.2 Å². The molecule has 0 spiro atoms. The molecule has 2 N–H and O–H groups in total. The number of carbonyl (C=O) groups excluding carboxylic acids is 3. The van der Waals surface area contributed by atoms with Crippen LogP contribution in [0.3, 0.4) is 0 Å². The smallest absolute Gasteiger partial charge is 0.408 e. The quantitative estimate of drug-likeness (QED) is 0.510. The summed E-state index contributed by atoms with van der Waals surface area (Å²) < 4.78 is 10.5. The van der Waals surface area contributed by atoms with Gasteiger partial charge in [0.05, 0.1) is 6.04 Å². The summed E-state index contributed by atoms with van der Waals surface area (Å²) in [5.74, 6) is -0.184. The highest BCUT2D eigenvalue weighted by atomic mass is 16.5. The Morgan fingerprint density at radius 2 is 1.50 bits per heavy atom. The molecule has 30 heavy (non-hydrogen) atoms. The third-order valence-electron chi connectivity index (χ3n) is 4.39. The van der Waals surface area contributed by atoms with Crippen LogP contribution < -0.4 is 10.6 Å². The molecule has 1 aromatic carbocycles. The van der Waals surface area contributed by atoms with E-state index in [1.165, 1.54) is 0 Å². The van der Waals surface area contributed by atoms with Gasteiger partial charge in [-0.2, -0.15) is 0 Å². The fraction of sp³-hybridized carbons (Fsp3) is 0.609. The molecule has 0 bridgehead atoms. The number of hydrogen-bond donors (Lipinski definition) is 2. The Labute approximate surface area is 179 Å². The second-order valence-corrected chi connectivity index (χ2v) is 8.18. The van der Waals surface area contributed by atoms with Crippen LogP contribution in [-0.2, 0) is 25.7 Å². The van der Waals surface area contributed by atoms with Gasteiger partial charge in [-0.15, -0.1) is 0 Å². The molecule has 0 aliphatic rings. The summed E-state index contributed by atoms with van der Waals surface area (Å²) in [6, 6.07) is 7.87. The zero-order chi connectivity index (χ0) is 22.5. The minimum atomic E-state index is -0.789. The van der Waals surface area contributed by atoms with Gasteiger partial charge in [0.25, 0.3) is 0 Å². The van der Waals surface area contributed by atoms with Crippen LogP contribution in [0.2, 0.25) is 0 Å². The van der Waals surface area contributed by atoms with Gasteiger partial charge < -0.3 is 20.1 Å². The van der Waals surface area contributed by atoms with Gasteiger partial charge in [-0.3, -0.25) is 9.59 Å². The van der Waals surface area contributed by atoms with Crippen LogP contribution in [0.15, 0.2) is 30.3 Å². The molecular weight excluding hydrogens is 384 g/mol. The maximum Gasteiger partial charge on any atom is 0.408 e. The van der Waals surface area contributed by atoms with Crippen LogP contribution in [0.5, 0.6) is 0 Å². The summed E-state index contributed by atoms with van der Waals surface area (Å²) in [6.07, 6.45) is 0.269. The van der Waals surface area contributed by atoms with E-state index >= 15 is 0 Å². The van der Waals surface area contributed by atoms with E-state index in [-0.39, 0.29) is 30.8 Å². The lowest BCUT2D eigenvalue weighted by molar-refractivity contribution is -0.131. The Kier molecular flexibility index (Phi) is 11.7. The lowest BCUT2D eigenvalue weighted by Gasteiger charge is -2.24. The molecule has 0 radical (unpaired) electrons. The van der Waals surface area contributed by atoms with E-state index in [0.717, 1.165) is 5.56 Å². The summed E-state index contributed by atoms with van der Waals surface area (Å²) >= 11 is 0. The predicted octanol–water partition coefficient (Wildman–Crippen LogP) is 3.46. The fourth-order valence-electron chi connectivity index (χ4n) is 2.93. The van der Waals surface area contributed by atoms with Crippen LogP contribution >= 0.6 is 0 Å². The number of Topliss-reactive ketones (excluding diaryl/α,β-unsaturated/α-hetero) is 1. The Hall–Kier alpha value is -2.41. The van der Waals surface area contributed by atoms with Crippen molar-refractivity contribution >= 4 is 17.8 Å². The first-order chi connectivity index (χ1) is 14.2. The highest BCUT2D eigenvalue weighted by Crippen LogP contribution is 2.10. The Morgan fingerprint density at radius 1 is 0.900 bits per heavy atom. The molecule has 1 aromatic rings. The van der Waals surface area contributed by atoms with Crippen molar-refractivity contribution in [3.63, 3.8) is 0 Å². The van der Waals surface area contributed by atoms with E-state index in [4.69, 9.17) is 9.47 Å². The third kappa shape index (κ3) is 10.4. The molecule has 0 fully saturated rings. The topological polar surface area (TPSA) is 93.7 Å². The number of alkyl carbamates (subject to hydrolysis) is 1. The number of carbonyl (C=O) groups is 3. The summed E-state index contributed by atoms with van der Waals surface area (Å²) in [5, 5.41) is 5.45.